The molecule has 0 aliphatic carbocycles. The van der Waals surface area contributed by atoms with Gasteiger partial charge < -0.3 is 5.32 Å². The van der Waals surface area contributed by atoms with E-state index in [-0.39, 0.29) is 11.4 Å². The highest BCUT2D eigenvalue weighted by molar-refractivity contribution is 9.10. The molecule has 0 aliphatic rings. The first-order chi connectivity index (χ1) is 9.77. The van der Waals surface area contributed by atoms with Crippen LogP contribution in [0.3, 0.4) is 0 Å². The highest BCUT2D eigenvalue weighted by Gasteiger charge is 2.18. The number of nitrogens with one attached hydrogen (secondary N) is 1. The van der Waals surface area contributed by atoms with Crippen LogP contribution in [0.15, 0.2) is 28.9 Å². The fourth-order valence-corrected chi connectivity index (χ4v) is 2.29. The van der Waals surface area contributed by atoms with Gasteiger partial charge >= 0.3 is 0 Å². The van der Waals surface area contributed by atoms with Crippen molar-refractivity contribution in [3.8, 4) is 0 Å². The predicted octanol–water partition coefficient (Wildman–Crippen LogP) is 3.03. The van der Waals surface area contributed by atoms with Gasteiger partial charge in [0.1, 0.15) is 0 Å². The van der Waals surface area contributed by atoms with Crippen molar-refractivity contribution in [1.82, 2.24) is 20.3 Å². The summed E-state index contributed by atoms with van der Waals surface area (Å²) >= 11 is 3.43. The van der Waals surface area contributed by atoms with Gasteiger partial charge in [0.05, 0.1) is 11.7 Å². The van der Waals surface area contributed by atoms with Crippen molar-refractivity contribution < 1.29 is 4.79 Å². The number of hydrogen-bond donors (Lipinski definition) is 1. The Morgan fingerprint density at radius 2 is 2.10 bits per heavy atom. The Kier molecular flexibility index (Phi) is 4.46. The summed E-state index contributed by atoms with van der Waals surface area (Å²) in [7, 11) is 0. The van der Waals surface area contributed by atoms with Crippen LogP contribution in [0, 0.1) is 6.92 Å². The van der Waals surface area contributed by atoms with Gasteiger partial charge in [0.15, 0.2) is 5.69 Å². The standard InChI is InChI=1S/C15H19BrN4O/c1-10-7-12(16)6-5-11(10)8-17-14(21)13-9-20(19-18-13)15(2,3)4/h5-7,9H,8H2,1-4H3,(H,17,21). The largest absolute Gasteiger partial charge is 0.347 e. The van der Waals surface area contributed by atoms with Crippen LogP contribution in [0.25, 0.3) is 0 Å². The van der Waals surface area contributed by atoms with E-state index < -0.39 is 0 Å². The van der Waals surface area contributed by atoms with Crippen molar-refractivity contribution in [2.45, 2.75) is 39.8 Å². The molecule has 21 heavy (non-hydrogen) atoms. The second-order valence-corrected chi connectivity index (χ2v) is 6.89. The molecular weight excluding hydrogens is 332 g/mol. The van der Waals surface area contributed by atoms with E-state index >= 15 is 0 Å². The molecule has 0 atom stereocenters. The van der Waals surface area contributed by atoms with Gasteiger partial charge in [-0.2, -0.15) is 0 Å². The van der Waals surface area contributed by atoms with Crippen LogP contribution < -0.4 is 5.32 Å². The van der Waals surface area contributed by atoms with Gasteiger partial charge in [-0.1, -0.05) is 27.2 Å². The molecule has 0 radical (unpaired) electrons. The smallest absolute Gasteiger partial charge is 0.273 e. The maximum absolute atomic E-state index is 12.1. The number of aromatic nitrogens is 3. The van der Waals surface area contributed by atoms with Crippen molar-refractivity contribution in [1.29, 1.82) is 0 Å². The topological polar surface area (TPSA) is 59.8 Å². The summed E-state index contributed by atoms with van der Waals surface area (Å²) in [6.07, 6.45) is 1.67. The molecule has 0 unspecified atom stereocenters. The summed E-state index contributed by atoms with van der Waals surface area (Å²) in [4.78, 5) is 12.1. The zero-order chi connectivity index (χ0) is 15.6. The van der Waals surface area contributed by atoms with Crippen molar-refractivity contribution in [3.63, 3.8) is 0 Å². The van der Waals surface area contributed by atoms with Gasteiger partial charge in [0.2, 0.25) is 0 Å². The van der Waals surface area contributed by atoms with Gasteiger partial charge in [-0.15, -0.1) is 5.10 Å². The Hall–Kier alpha value is -1.69. The minimum Gasteiger partial charge on any atom is -0.347 e. The summed E-state index contributed by atoms with van der Waals surface area (Å²) in [6, 6.07) is 5.98. The molecule has 1 aromatic carbocycles. The minimum atomic E-state index is -0.215. The molecule has 112 valence electrons. The molecule has 0 aliphatic heterocycles. The predicted molar refractivity (Wildman–Crippen MR) is 85.1 cm³/mol. The van der Waals surface area contributed by atoms with E-state index in [9.17, 15) is 4.79 Å². The fourth-order valence-electron chi connectivity index (χ4n) is 1.82. The first kappa shape index (κ1) is 15.7. The van der Waals surface area contributed by atoms with Crippen LogP contribution in [-0.4, -0.2) is 20.9 Å². The molecule has 0 bridgehead atoms. The Labute approximate surface area is 132 Å². The minimum absolute atomic E-state index is 0.187. The van der Waals surface area contributed by atoms with E-state index in [0.717, 1.165) is 15.6 Å². The Balaban J connectivity index is 2.03. The summed E-state index contributed by atoms with van der Waals surface area (Å²) in [5.41, 5.74) is 2.35. The molecular formula is C15H19BrN4O. The molecule has 2 aromatic rings. The third-order valence-corrected chi connectivity index (χ3v) is 3.65. The number of benzene rings is 1. The van der Waals surface area contributed by atoms with Crippen LogP contribution in [0.2, 0.25) is 0 Å². The number of amides is 1. The van der Waals surface area contributed by atoms with E-state index in [2.05, 4.69) is 31.6 Å². The monoisotopic (exact) mass is 350 g/mol. The zero-order valence-corrected chi connectivity index (χ0v) is 14.2. The first-order valence-corrected chi connectivity index (χ1v) is 7.53. The number of halogens is 1. The van der Waals surface area contributed by atoms with Gasteiger partial charge in [0.25, 0.3) is 5.91 Å². The van der Waals surface area contributed by atoms with Crippen molar-refractivity contribution in [2.75, 3.05) is 0 Å². The highest BCUT2D eigenvalue weighted by atomic mass is 79.9. The second-order valence-electron chi connectivity index (χ2n) is 5.97. The van der Waals surface area contributed by atoms with Crippen LogP contribution in [0.4, 0.5) is 0 Å². The van der Waals surface area contributed by atoms with Gasteiger partial charge in [-0.3, -0.25) is 4.79 Å². The van der Waals surface area contributed by atoms with Crippen LogP contribution in [0.5, 0.6) is 0 Å². The molecule has 0 saturated heterocycles. The number of carbonyl (C=O) groups excluding carboxylic acids is 1. The van der Waals surface area contributed by atoms with Gasteiger partial charge in [0, 0.05) is 11.0 Å². The summed E-state index contributed by atoms with van der Waals surface area (Å²) < 4.78 is 2.72. The Morgan fingerprint density at radius 1 is 1.38 bits per heavy atom. The van der Waals surface area contributed by atoms with Crippen molar-refractivity contribution in [3.05, 3.63) is 45.7 Å². The maximum atomic E-state index is 12.1. The van der Waals surface area contributed by atoms with Crippen LogP contribution >= 0.6 is 15.9 Å². The van der Waals surface area contributed by atoms with E-state index in [0.29, 0.717) is 12.2 Å². The number of aryl methyl sites for hydroxylation is 1. The maximum Gasteiger partial charge on any atom is 0.273 e. The summed E-state index contributed by atoms with van der Waals surface area (Å²) in [6.45, 7) is 8.51. The quantitative estimate of drug-likeness (QED) is 0.925. The lowest BCUT2D eigenvalue weighted by atomic mass is 10.1. The van der Waals surface area contributed by atoms with Crippen molar-refractivity contribution in [2.24, 2.45) is 0 Å². The molecule has 0 saturated carbocycles. The molecule has 6 heteroatoms. The number of nitrogens with zero attached hydrogens (tertiary/aromatic N) is 3. The number of carbonyl (C=O) groups is 1. The molecule has 0 spiro atoms. The number of hydrogen-bond acceptors (Lipinski definition) is 3. The lowest BCUT2D eigenvalue weighted by Gasteiger charge is -2.17. The first-order valence-electron chi connectivity index (χ1n) is 6.73. The zero-order valence-electron chi connectivity index (χ0n) is 12.6. The second kappa shape index (κ2) is 5.97. The lowest BCUT2D eigenvalue weighted by molar-refractivity contribution is 0.0946. The van der Waals surface area contributed by atoms with E-state index in [1.54, 1.807) is 10.9 Å². The molecule has 1 heterocycles. The molecule has 5 nitrogen and oxygen atoms in total. The van der Waals surface area contributed by atoms with E-state index in [1.165, 1.54) is 0 Å². The lowest BCUT2D eigenvalue weighted by Crippen LogP contribution is -2.24. The molecule has 1 amide bonds. The van der Waals surface area contributed by atoms with Gasteiger partial charge in [-0.25, -0.2) is 4.68 Å². The Morgan fingerprint density at radius 3 is 2.67 bits per heavy atom. The third kappa shape index (κ3) is 3.91. The Bertz CT molecular complexity index is 658. The summed E-state index contributed by atoms with van der Waals surface area (Å²) in [5, 5.41) is 10.8. The number of rotatable bonds is 3. The summed E-state index contributed by atoms with van der Waals surface area (Å²) in [5.74, 6) is -0.215. The average Bonchev–Trinajstić information content (AvgIpc) is 2.87. The molecule has 1 aromatic heterocycles. The van der Waals surface area contributed by atoms with Gasteiger partial charge in [-0.05, 0) is 51.0 Å². The van der Waals surface area contributed by atoms with Crippen LogP contribution in [0.1, 0.15) is 42.4 Å². The molecule has 0 fully saturated rings. The highest BCUT2D eigenvalue weighted by Crippen LogP contribution is 2.16. The van der Waals surface area contributed by atoms with Crippen molar-refractivity contribution >= 4 is 21.8 Å². The van der Waals surface area contributed by atoms with E-state index in [4.69, 9.17) is 0 Å². The normalized spacial score (nSPS) is 11.5. The van der Waals surface area contributed by atoms with Crippen LogP contribution in [-0.2, 0) is 12.1 Å². The van der Waals surface area contributed by atoms with E-state index in [1.807, 2.05) is 45.9 Å². The molecule has 1 N–H and O–H groups in total. The fraction of sp³-hybridized carbons (Fsp3) is 0.400. The molecule has 2 rings (SSSR count). The average molecular weight is 351 g/mol. The SMILES string of the molecule is Cc1cc(Br)ccc1CNC(=O)c1cn(C(C)(C)C)nn1. The third-order valence-electron chi connectivity index (χ3n) is 3.16.